The highest BCUT2D eigenvalue weighted by Gasteiger charge is 2.02. The van der Waals surface area contributed by atoms with Crippen LogP contribution in [-0.2, 0) is 20.9 Å². The molecule has 0 spiro atoms. The second-order valence-electron chi connectivity index (χ2n) is 3.96. The first-order chi connectivity index (χ1) is 9.09. The van der Waals surface area contributed by atoms with Crippen LogP contribution in [-0.4, -0.2) is 11.9 Å². The molecule has 4 heteroatoms. The molecule has 1 aromatic carbocycles. The number of amides is 1. The number of ether oxygens (including phenoxy) is 1. The van der Waals surface area contributed by atoms with Gasteiger partial charge in [-0.3, -0.25) is 9.59 Å². The van der Waals surface area contributed by atoms with Crippen molar-refractivity contribution in [3.63, 3.8) is 0 Å². The average Bonchev–Trinajstić information content (AvgIpc) is 2.41. The second kappa shape index (κ2) is 7.87. The molecule has 0 unspecified atom stereocenters. The molecular weight excluding hydrogens is 242 g/mol. The third-order valence-corrected chi connectivity index (χ3v) is 2.31. The third kappa shape index (κ3) is 6.21. The van der Waals surface area contributed by atoms with Gasteiger partial charge in [-0.2, -0.15) is 0 Å². The normalized spacial score (nSPS) is 11.4. The predicted octanol–water partition coefficient (Wildman–Crippen LogP) is 2.33. The van der Waals surface area contributed by atoms with Crippen LogP contribution in [0.1, 0.15) is 19.4 Å². The first-order valence-electron chi connectivity index (χ1n) is 5.92. The molecule has 0 aliphatic carbocycles. The van der Waals surface area contributed by atoms with Crippen LogP contribution < -0.4 is 5.32 Å². The smallest absolute Gasteiger partial charge is 0.307 e. The summed E-state index contributed by atoms with van der Waals surface area (Å²) in [4.78, 5) is 22.2. The number of carbonyl (C=O) groups excluding carboxylic acids is 2. The van der Waals surface area contributed by atoms with E-state index in [-0.39, 0.29) is 5.91 Å². The van der Waals surface area contributed by atoms with Crippen LogP contribution in [0.3, 0.4) is 0 Å². The Bertz CT molecular complexity index is 489. The minimum absolute atomic E-state index is 0.156. The number of esters is 1. The summed E-state index contributed by atoms with van der Waals surface area (Å²) in [6.07, 6.45) is 4.35. The summed E-state index contributed by atoms with van der Waals surface area (Å²) in [5.41, 5.74) is 1.58. The lowest BCUT2D eigenvalue weighted by molar-refractivity contribution is -0.135. The predicted molar refractivity (Wildman–Crippen MR) is 73.0 cm³/mol. The van der Waals surface area contributed by atoms with E-state index >= 15 is 0 Å². The minimum Gasteiger partial charge on any atom is -0.435 e. The maximum atomic E-state index is 11.7. The summed E-state index contributed by atoms with van der Waals surface area (Å²) >= 11 is 0. The van der Waals surface area contributed by atoms with Gasteiger partial charge in [0.15, 0.2) is 0 Å². The molecule has 100 valence electrons. The number of benzene rings is 1. The lowest BCUT2D eigenvalue weighted by atomic mass is 10.2. The van der Waals surface area contributed by atoms with Gasteiger partial charge in [0.2, 0.25) is 5.91 Å². The van der Waals surface area contributed by atoms with Crippen molar-refractivity contribution < 1.29 is 14.3 Å². The Morgan fingerprint density at radius 2 is 1.89 bits per heavy atom. The van der Waals surface area contributed by atoms with Gasteiger partial charge in [0.05, 0.1) is 6.26 Å². The first-order valence-corrected chi connectivity index (χ1v) is 5.92. The van der Waals surface area contributed by atoms with Crippen LogP contribution >= 0.6 is 0 Å². The summed E-state index contributed by atoms with van der Waals surface area (Å²) in [7, 11) is 0. The fraction of sp³-hybridized carbons (Fsp3) is 0.200. The molecule has 0 saturated heterocycles. The maximum Gasteiger partial charge on any atom is 0.307 e. The highest BCUT2D eigenvalue weighted by molar-refractivity contribution is 5.93. The van der Waals surface area contributed by atoms with Gasteiger partial charge in [-0.1, -0.05) is 36.4 Å². The molecule has 0 saturated carbocycles. The van der Waals surface area contributed by atoms with Gasteiger partial charge in [0.25, 0.3) is 0 Å². The van der Waals surface area contributed by atoms with E-state index in [4.69, 9.17) is 0 Å². The Morgan fingerprint density at radius 1 is 1.21 bits per heavy atom. The summed E-state index contributed by atoms with van der Waals surface area (Å²) < 4.78 is 4.61. The molecule has 0 bridgehead atoms. The average molecular weight is 259 g/mol. The first kappa shape index (κ1) is 14.7. The second-order valence-corrected chi connectivity index (χ2v) is 3.96. The van der Waals surface area contributed by atoms with Crippen molar-refractivity contribution >= 4 is 11.9 Å². The van der Waals surface area contributed by atoms with Gasteiger partial charge >= 0.3 is 5.97 Å². The lowest BCUT2D eigenvalue weighted by Gasteiger charge is -2.04. The molecule has 1 rings (SSSR count). The molecule has 0 atom stereocenters. The number of allylic oxidation sites excluding steroid dienone is 2. The van der Waals surface area contributed by atoms with E-state index in [1.807, 2.05) is 30.3 Å². The van der Waals surface area contributed by atoms with Crippen molar-refractivity contribution in [2.45, 2.75) is 20.4 Å². The van der Waals surface area contributed by atoms with Crippen LogP contribution in [0, 0.1) is 0 Å². The van der Waals surface area contributed by atoms with E-state index in [2.05, 4.69) is 10.1 Å². The Morgan fingerprint density at radius 3 is 2.53 bits per heavy atom. The Kier molecular flexibility index (Phi) is 6.09. The zero-order valence-electron chi connectivity index (χ0n) is 11.1. The molecule has 0 radical (unpaired) electrons. The van der Waals surface area contributed by atoms with Gasteiger partial charge in [-0.15, -0.1) is 0 Å². The van der Waals surface area contributed by atoms with Crippen molar-refractivity contribution in [2.24, 2.45) is 0 Å². The van der Waals surface area contributed by atoms with E-state index in [9.17, 15) is 9.59 Å². The van der Waals surface area contributed by atoms with Crippen LogP contribution in [0.4, 0.5) is 0 Å². The largest absolute Gasteiger partial charge is 0.435 e. The zero-order valence-corrected chi connectivity index (χ0v) is 11.1. The fourth-order valence-electron chi connectivity index (χ4n) is 1.31. The van der Waals surface area contributed by atoms with Gasteiger partial charge < -0.3 is 10.1 Å². The number of hydrogen-bond donors (Lipinski definition) is 1. The van der Waals surface area contributed by atoms with Crippen molar-refractivity contribution in [3.8, 4) is 0 Å². The van der Waals surface area contributed by atoms with Crippen LogP contribution in [0.2, 0.25) is 0 Å². The molecule has 0 aromatic heterocycles. The van der Waals surface area contributed by atoms with Gasteiger partial charge in [0.1, 0.15) is 0 Å². The van der Waals surface area contributed by atoms with Crippen LogP contribution in [0.15, 0.2) is 54.3 Å². The van der Waals surface area contributed by atoms with Crippen LogP contribution in [0.25, 0.3) is 0 Å². The summed E-state index contributed by atoms with van der Waals surface area (Å²) in [6, 6.07) is 9.66. The highest BCUT2D eigenvalue weighted by Crippen LogP contribution is 1.99. The van der Waals surface area contributed by atoms with Gasteiger partial charge in [0, 0.05) is 19.0 Å². The third-order valence-electron chi connectivity index (χ3n) is 2.31. The van der Waals surface area contributed by atoms with E-state index in [0.29, 0.717) is 12.1 Å². The summed E-state index contributed by atoms with van der Waals surface area (Å²) in [5, 5.41) is 2.80. The topological polar surface area (TPSA) is 55.4 Å². The number of carbonyl (C=O) groups is 2. The maximum absolute atomic E-state index is 11.7. The molecule has 19 heavy (non-hydrogen) atoms. The fourth-order valence-corrected chi connectivity index (χ4v) is 1.31. The van der Waals surface area contributed by atoms with E-state index in [1.165, 1.54) is 19.3 Å². The molecule has 1 aromatic rings. The van der Waals surface area contributed by atoms with Gasteiger partial charge in [-0.05, 0) is 18.6 Å². The van der Waals surface area contributed by atoms with Crippen molar-refractivity contribution in [3.05, 3.63) is 59.9 Å². The molecule has 1 amide bonds. The van der Waals surface area contributed by atoms with Crippen LogP contribution in [0.5, 0.6) is 0 Å². The molecule has 1 N–H and O–H groups in total. The SMILES string of the molecule is CC(=O)O/C=C\C=C(/C)C(=O)NCc1ccccc1. The van der Waals surface area contributed by atoms with Gasteiger partial charge in [-0.25, -0.2) is 0 Å². The number of hydrogen-bond acceptors (Lipinski definition) is 3. The summed E-state index contributed by atoms with van der Waals surface area (Å²) in [5.74, 6) is -0.549. The quantitative estimate of drug-likeness (QED) is 0.382. The molecule has 0 heterocycles. The minimum atomic E-state index is -0.393. The molecular formula is C15H17NO3. The Labute approximate surface area is 112 Å². The monoisotopic (exact) mass is 259 g/mol. The van der Waals surface area contributed by atoms with E-state index in [1.54, 1.807) is 13.0 Å². The standard InChI is InChI=1S/C15H17NO3/c1-12(7-6-10-19-13(2)17)15(18)16-11-14-8-4-3-5-9-14/h3-10H,11H2,1-2H3,(H,16,18)/b10-6-,12-7+. The molecule has 4 nitrogen and oxygen atoms in total. The van der Waals surface area contributed by atoms with E-state index < -0.39 is 5.97 Å². The number of rotatable bonds is 5. The van der Waals surface area contributed by atoms with Crippen molar-refractivity contribution in [2.75, 3.05) is 0 Å². The van der Waals surface area contributed by atoms with Crippen molar-refractivity contribution in [1.29, 1.82) is 0 Å². The van der Waals surface area contributed by atoms with Crippen molar-refractivity contribution in [1.82, 2.24) is 5.32 Å². The number of nitrogens with one attached hydrogen (secondary N) is 1. The molecule has 0 aliphatic rings. The molecule has 0 fully saturated rings. The molecule has 0 aliphatic heterocycles. The summed E-state index contributed by atoms with van der Waals surface area (Å²) in [6.45, 7) is 3.49. The zero-order chi connectivity index (χ0) is 14.1. The van der Waals surface area contributed by atoms with E-state index in [0.717, 1.165) is 5.56 Å². The lowest BCUT2D eigenvalue weighted by Crippen LogP contribution is -2.23. The Hall–Kier alpha value is -2.36. The Balaban J connectivity index is 2.42. The highest BCUT2D eigenvalue weighted by atomic mass is 16.5.